The van der Waals surface area contributed by atoms with Gasteiger partial charge in [-0.15, -0.1) is 0 Å². The van der Waals surface area contributed by atoms with Crippen molar-refractivity contribution >= 4 is 12.2 Å². The Hall–Kier alpha value is -1.34. The van der Waals surface area contributed by atoms with Crippen molar-refractivity contribution in [2.45, 2.75) is 6.42 Å². The Morgan fingerprint density at radius 2 is 1.77 bits per heavy atom. The Kier molecular flexibility index (Phi) is 4.00. The van der Waals surface area contributed by atoms with Crippen LogP contribution < -0.4 is 0 Å². The largest absolute Gasteiger partial charge is 0.396 e. The minimum Gasteiger partial charge on any atom is -0.396 e. The third-order valence-corrected chi connectivity index (χ3v) is 1.78. The van der Waals surface area contributed by atoms with E-state index in [1.165, 1.54) is 0 Å². The van der Waals surface area contributed by atoms with Crippen molar-refractivity contribution in [1.82, 2.24) is 0 Å². The molecule has 0 amide bonds. The molecule has 1 N–H and O–H groups in total. The first-order valence-electron chi connectivity index (χ1n) is 4.36. The van der Waals surface area contributed by atoms with Crippen molar-refractivity contribution in [3.63, 3.8) is 0 Å². The third kappa shape index (κ3) is 3.26. The molecule has 0 aromatic heterocycles. The molecule has 1 nitrogen and oxygen atoms in total. The zero-order chi connectivity index (χ0) is 9.52. The van der Waals surface area contributed by atoms with Crippen molar-refractivity contribution < 1.29 is 5.11 Å². The summed E-state index contributed by atoms with van der Waals surface area (Å²) < 4.78 is 0. The molecule has 0 aliphatic heterocycles. The van der Waals surface area contributed by atoms with E-state index in [0.717, 1.165) is 11.1 Å². The van der Waals surface area contributed by atoms with Crippen LogP contribution in [0, 0.1) is 0 Å². The van der Waals surface area contributed by atoms with Gasteiger partial charge < -0.3 is 5.11 Å². The standard InChI is InChI=1S/C12H14O/c1-2-11-6-8-12(9-7-11)5-3-4-10-13/h2-3,5-9,13H,1,4,10H2. The molecular formula is C12H14O. The van der Waals surface area contributed by atoms with E-state index in [0.29, 0.717) is 6.42 Å². The fourth-order valence-electron chi connectivity index (χ4n) is 1.04. The van der Waals surface area contributed by atoms with Crippen LogP contribution in [0.25, 0.3) is 12.2 Å². The normalized spacial score (nSPS) is 10.5. The summed E-state index contributed by atoms with van der Waals surface area (Å²) in [6.07, 6.45) is 6.50. The molecule has 0 radical (unpaired) electrons. The van der Waals surface area contributed by atoms with Crippen molar-refractivity contribution in [3.05, 3.63) is 48.0 Å². The summed E-state index contributed by atoms with van der Waals surface area (Å²) in [5.74, 6) is 0. The Morgan fingerprint density at radius 1 is 1.15 bits per heavy atom. The first-order chi connectivity index (χ1) is 6.36. The van der Waals surface area contributed by atoms with E-state index in [-0.39, 0.29) is 6.61 Å². The van der Waals surface area contributed by atoms with Crippen LogP contribution >= 0.6 is 0 Å². The number of aliphatic hydroxyl groups is 1. The molecule has 0 spiro atoms. The Labute approximate surface area is 79.0 Å². The molecule has 0 saturated heterocycles. The molecule has 1 aromatic carbocycles. The zero-order valence-electron chi connectivity index (χ0n) is 7.61. The van der Waals surface area contributed by atoms with E-state index < -0.39 is 0 Å². The number of benzene rings is 1. The molecule has 0 unspecified atom stereocenters. The molecule has 68 valence electrons. The van der Waals surface area contributed by atoms with Crippen molar-refractivity contribution in [2.24, 2.45) is 0 Å². The van der Waals surface area contributed by atoms with E-state index in [1.54, 1.807) is 0 Å². The highest BCUT2D eigenvalue weighted by atomic mass is 16.2. The fourth-order valence-corrected chi connectivity index (χ4v) is 1.04. The molecule has 1 aromatic rings. The van der Waals surface area contributed by atoms with Crippen LogP contribution in [0.15, 0.2) is 36.9 Å². The highest BCUT2D eigenvalue weighted by molar-refractivity contribution is 5.54. The van der Waals surface area contributed by atoms with Gasteiger partial charge in [-0.05, 0) is 17.5 Å². The lowest BCUT2D eigenvalue weighted by Gasteiger charge is -1.94. The van der Waals surface area contributed by atoms with E-state index in [4.69, 9.17) is 5.11 Å². The average Bonchev–Trinajstić information content (AvgIpc) is 2.19. The second-order valence-electron chi connectivity index (χ2n) is 2.79. The lowest BCUT2D eigenvalue weighted by atomic mass is 10.1. The number of hydrogen-bond donors (Lipinski definition) is 1. The molecule has 0 aliphatic rings. The highest BCUT2D eigenvalue weighted by Crippen LogP contribution is 2.07. The van der Waals surface area contributed by atoms with Crippen LogP contribution in [0.5, 0.6) is 0 Å². The topological polar surface area (TPSA) is 20.2 Å². The molecule has 13 heavy (non-hydrogen) atoms. The molecular weight excluding hydrogens is 160 g/mol. The molecule has 0 saturated carbocycles. The van der Waals surface area contributed by atoms with Gasteiger partial charge in [0.25, 0.3) is 0 Å². The van der Waals surface area contributed by atoms with Gasteiger partial charge in [0.1, 0.15) is 0 Å². The summed E-state index contributed by atoms with van der Waals surface area (Å²) in [5, 5.41) is 8.56. The van der Waals surface area contributed by atoms with Crippen LogP contribution in [-0.2, 0) is 0 Å². The first-order valence-corrected chi connectivity index (χ1v) is 4.36. The zero-order valence-corrected chi connectivity index (χ0v) is 7.61. The average molecular weight is 174 g/mol. The van der Waals surface area contributed by atoms with Crippen LogP contribution in [0.1, 0.15) is 17.5 Å². The van der Waals surface area contributed by atoms with Crippen molar-refractivity contribution in [1.29, 1.82) is 0 Å². The summed E-state index contributed by atoms with van der Waals surface area (Å²) in [7, 11) is 0. The first kappa shape index (κ1) is 9.75. The SMILES string of the molecule is C=Cc1ccc(C=CCCO)cc1. The van der Waals surface area contributed by atoms with Crippen LogP contribution in [0.4, 0.5) is 0 Å². The van der Waals surface area contributed by atoms with Gasteiger partial charge in [-0.3, -0.25) is 0 Å². The fraction of sp³-hybridized carbons (Fsp3) is 0.167. The van der Waals surface area contributed by atoms with Crippen LogP contribution in [0.2, 0.25) is 0 Å². The van der Waals surface area contributed by atoms with E-state index in [9.17, 15) is 0 Å². The summed E-state index contributed by atoms with van der Waals surface area (Å²) in [5.41, 5.74) is 2.28. The van der Waals surface area contributed by atoms with Gasteiger partial charge in [-0.1, -0.05) is 49.1 Å². The maximum atomic E-state index is 8.56. The van der Waals surface area contributed by atoms with Crippen LogP contribution in [-0.4, -0.2) is 11.7 Å². The van der Waals surface area contributed by atoms with Gasteiger partial charge in [-0.2, -0.15) is 0 Å². The van der Waals surface area contributed by atoms with E-state index in [2.05, 4.69) is 6.58 Å². The lowest BCUT2D eigenvalue weighted by molar-refractivity contribution is 0.303. The van der Waals surface area contributed by atoms with Crippen molar-refractivity contribution in [3.8, 4) is 0 Å². The number of aliphatic hydroxyl groups excluding tert-OH is 1. The van der Waals surface area contributed by atoms with Gasteiger partial charge in [0.05, 0.1) is 0 Å². The smallest absolute Gasteiger partial charge is 0.0465 e. The van der Waals surface area contributed by atoms with Gasteiger partial charge in [0.2, 0.25) is 0 Å². The quantitative estimate of drug-likeness (QED) is 0.744. The number of rotatable bonds is 4. The molecule has 0 bridgehead atoms. The van der Waals surface area contributed by atoms with E-state index >= 15 is 0 Å². The van der Waals surface area contributed by atoms with E-state index in [1.807, 2.05) is 42.5 Å². The van der Waals surface area contributed by atoms with Crippen LogP contribution in [0.3, 0.4) is 0 Å². The minimum absolute atomic E-state index is 0.210. The molecule has 0 fully saturated rings. The third-order valence-electron chi connectivity index (χ3n) is 1.78. The van der Waals surface area contributed by atoms with Gasteiger partial charge in [0, 0.05) is 6.61 Å². The van der Waals surface area contributed by atoms with Gasteiger partial charge >= 0.3 is 0 Å². The summed E-state index contributed by atoms with van der Waals surface area (Å²) in [6.45, 7) is 3.89. The molecule has 0 aliphatic carbocycles. The van der Waals surface area contributed by atoms with Gasteiger partial charge in [-0.25, -0.2) is 0 Å². The maximum Gasteiger partial charge on any atom is 0.0465 e. The Bertz CT molecular complexity index is 282. The lowest BCUT2D eigenvalue weighted by Crippen LogP contribution is -1.77. The predicted molar refractivity (Wildman–Crippen MR) is 57.3 cm³/mol. The maximum absolute atomic E-state index is 8.56. The summed E-state index contributed by atoms with van der Waals surface area (Å²) in [6, 6.07) is 8.10. The second kappa shape index (κ2) is 5.33. The molecule has 1 heteroatoms. The predicted octanol–water partition coefficient (Wildman–Crippen LogP) is 2.73. The Balaban J connectivity index is 2.63. The Morgan fingerprint density at radius 3 is 2.31 bits per heavy atom. The monoisotopic (exact) mass is 174 g/mol. The number of hydrogen-bond acceptors (Lipinski definition) is 1. The highest BCUT2D eigenvalue weighted by Gasteiger charge is 1.86. The summed E-state index contributed by atoms with van der Waals surface area (Å²) in [4.78, 5) is 0. The van der Waals surface area contributed by atoms with Crippen molar-refractivity contribution in [2.75, 3.05) is 6.61 Å². The molecule has 1 rings (SSSR count). The second-order valence-corrected chi connectivity index (χ2v) is 2.79. The molecule has 0 atom stereocenters. The van der Waals surface area contributed by atoms with Gasteiger partial charge in [0.15, 0.2) is 0 Å². The summed E-state index contributed by atoms with van der Waals surface area (Å²) >= 11 is 0. The molecule has 0 heterocycles. The minimum atomic E-state index is 0.210.